The SMILES string of the molecule is Cc1cc([N+](=O)[O-])c(OC(C)C)cc1C1=CCNCC1. The van der Waals surface area contributed by atoms with Crippen LogP contribution in [0, 0.1) is 17.0 Å². The fourth-order valence-corrected chi connectivity index (χ4v) is 2.38. The Morgan fingerprint density at radius 1 is 1.40 bits per heavy atom. The van der Waals surface area contributed by atoms with Crippen molar-refractivity contribution in [2.24, 2.45) is 0 Å². The molecule has 0 radical (unpaired) electrons. The number of nitrogens with one attached hydrogen (secondary N) is 1. The summed E-state index contributed by atoms with van der Waals surface area (Å²) in [6.07, 6.45) is 2.97. The number of nitro benzene ring substituents is 1. The van der Waals surface area contributed by atoms with E-state index in [9.17, 15) is 10.1 Å². The zero-order valence-corrected chi connectivity index (χ0v) is 12.1. The van der Waals surface area contributed by atoms with Crippen LogP contribution >= 0.6 is 0 Å². The van der Waals surface area contributed by atoms with Crippen LogP contribution in [0.25, 0.3) is 5.57 Å². The highest BCUT2D eigenvalue weighted by Crippen LogP contribution is 2.35. The van der Waals surface area contributed by atoms with Crippen molar-refractivity contribution in [1.29, 1.82) is 0 Å². The van der Waals surface area contributed by atoms with Crippen molar-refractivity contribution in [1.82, 2.24) is 5.32 Å². The number of hydrogen-bond acceptors (Lipinski definition) is 4. The van der Waals surface area contributed by atoms with Crippen molar-refractivity contribution < 1.29 is 9.66 Å². The number of benzene rings is 1. The predicted octanol–water partition coefficient (Wildman–Crippen LogP) is 3.07. The van der Waals surface area contributed by atoms with Crippen LogP contribution in [0.1, 0.15) is 31.4 Å². The molecule has 0 fully saturated rings. The van der Waals surface area contributed by atoms with Crippen LogP contribution in [0.15, 0.2) is 18.2 Å². The molecule has 1 aromatic carbocycles. The molecule has 0 saturated carbocycles. The largest absolute Gasteiger partial charge is 0.484 e. The van der Waals surface area contributed by atoms with E-state index in [1.54, 1.807) is 6.07 Å². The van der Waals surface area contributed by atoms with Crippen LogP contribution in [0.4, 0.5) is 5.69 Å². The van der Waals surface area contributed by atoms with Gasteiger partial charge in [-0.1, -0.05) is 6.08 Å². The lowest BCUT2D eigenvalue weighted by Crippen LogP contribution is -2.20. The van der Waals surface area contributed by atoms with Gasteiger partial charge in [0.15, 0.2) is 5.75 Å². The number of ether oxygens (including phenoxy) is 1. The predicted molar refractivity (Wildman–Crippen MR) is 79.1 cm³/mol. The van der Waals surface area contributed by atoms with Gasteiger partial charge >= 0.3 is 5.69 Å². The maximum Gasteiger partial charge on any atom is 0.311 e. The molecule has 5 nitrogen and oxygen atoms in total. The minimum Gasteiger partial charge on any atom is -0.484 e. The number of rotatable bonds is 4. The molecule has 1 aliphatic rings. The third kappa shape index (κ3) is 3.17. The molecule has 0 saturated heterocycles. The van der Waals surface area contributed by atoms with E-state index in [2.05, 4.69) is 11.4 Å². The van der Waals surface area contributed by atoms with Crippen molar-refractivity contribution >= 4 is 11.3 Å². The Bertz CT molecular complexity index is 550. The van der Waals surface area contributed by atoms with E-state index < -0.39 is 0 Å². The van der Waals surface area contributed by atoms with Crippen molar-refractivity contribution in [2.75, 3.05) is 13.1 Å². The maximum absolute atomic E-state index is 11.1. The van der Waals surface area contributed by atoms with Crippen LogP contribution in [0.2, 0.25) is 0 Å². The molecular formula is C15H20N2O3. The first-order chi connectivity index (χ1) is 9.49. The Morgan fingerprint density at radius 3 is 2.70 bits per heavy atom. The molecule has 0 aliphatic carbocycles. The van der Waals surface area contributed by atoms with Gasteiger partial charge in [-0.2, -0.15) is 0 Å². The third-order valence-electron chi connectivity index (χ3n) is 3.28. The lowest BCUT2D eigenvalue weighted by Gasteiger charge is -2.18. The zero-order chi connectivity index (χ0) is 14.7. The van der Waals surface area contributed by atoms with E-state index in [-0.39, 0.29) is 16.7 Å². The molecule has 0 spiro atoms. The lowest BCUT2D eigenvalue weighted by molar-refractivity contribution is -0.386. The molecule has 108 valence electrons. The van der Waals surface area contributed by atoms with Crippen molar-refractivity contribution in [3.63, 3.8) is 0 Å². The average molecular weight is 276 g/mol. The zero-order valence-electron chi connectivity index (χ0n) is 12.1. The molecule has 0 amide bonds. The van der Waals surface area contributed by atoms with Gasteiger partial charge in [-0.15, -0.1) is 0 Å². The molecule has 5 heteroatoms. The van der Waals surface area contributed by atoms with Crippen LogP contribution in [0.3, 0.4) is 0 Å². The Balaban J connectivity index is 2.48. The van der Waals surface area contributed by atoms with E-state index in [0.717, 1.165) is 30.6 Å². The van der Waals surface area contributed by atoms with E-state index in [0.29, 0.717) is 5.75 Å². The maximum atomic E-state index is 11.1. The van der Waals surface area contributed by atoms with Crippen molar-refractivity contribution in [3.05, 3.63) is 39.4 Å². The third-order valence-corrected chi connectivity index (χ3v) is 3.28. The smallest absolute Gasteiger partial charge is 0.311 e. The number of hydrogen-bond donors (Lipinski definition) is 1. The fraction of sp³-hybridized carbons (Fsp3) is 0.467. The molecular weight excluding hydrogens is 256 g/mol. The van der Waals surface area contributed by atoms with Gasteiger partial charge in [-0.3, -0.25) is 10.1 Å². The first-order valence-corrected chi connectivity index (χ1v) is 6.85. The summed E-state index contributed by atoms with van der Waals surface area (Å²) in [5, 5.41) is 14.4. The van der Waals surface area contributed by atoms with Crippen molar-refractivity contribution in [3.8, 4) is 5.75 Å². The van der Waals surface area contributed by atoms with Gasteiger partial charge < -0.3 is 10.1 Å². The second-order valence-corrected chi connectivity index (χ2v) is 5.24. The summed E-state index contributed by atoms with van der Waals surface area (Å²) >= 11 is 0. The molecule has 0 atom stereocenters. The lowest BCUT2D eigenvalue weighted by atomic mass is 9.95. The summed E-state index contributed by atoms with van der Waals surface area (Å²) in [5.74, 6) is 0.352. The molecule has 0 unspecified atom stereocenters. The summed E-state index contributed by atoms with van der Waals surface area (Å²) in [7, 11) is 0. The second kappa shape index (κ2) is 6.05. The monoisotopic (exact) mass is 276 g/mol. The Kier molecular flexibility index (Phi) is 4.39. The van der Waals surface area contributed by atoms with E-state index in [1.807, 2.05) is 26.8 Å². The summed E-state index contributed by atoms with van der Waals surface area (Å²) in [4.78, 5) is 10.8. The molecule has 2 rings (SSSR count). The summed E-state index contributed by atoms with van der Waals surface area (Å²) < 4.78 is 5.61. The quantitative estimate of drug-likeness (QED) is 0.678. The Morgan fingerprint density at radius 2 is 2.15 bits per heavy atom. The standard InChI is InChI=1S/C15H20N2O3/c1-10(2)20-15-9-13(12-4-6-16-7-5-12)11(3)8-14(15)17(18)19/h4,8-10,16H,5-7H2,1-3H3. The molecule has 20 heavy (non-hydrogen) atoms. The highest BCUT2D eigenvalue weighted by atomic mass is 16.6. The highest BCUT2D eigenvalue weighted by Gasteiger charge is 2.20. The molecule has 1 aromatic rings. The number of nitrogens with zero attached hydrogens (tertiary/aromatic N) is 1. The van der Waals surface area contributed by atoms with Crippen LogP contribution in [-0.4, -0.2) is 24.1 Å². The summed E-state index contributed by atoms with van der Waals surface area (Å²) in [5.41, 5.74) is 3.23. The molecule has 1 N–H and O–H groups in total. The van der Waals surface area contributed by atoms with Gasteiger partial charge in [0, 0.05) is 12.6 Å². The first-order valence-electron chi connectivity index (χ1n) is 6.85. The van der Waals surface area contributed by atoms with Crippen LogP contribution in [0.5, 0.6) is 5.75 Å². The minimum atomic E-state index is -0.384. The molecule has 0 aromatic heterocycles. The Hall–Kier alpha value is -1.88. The first kappa shape index (κ1) is 14.5. The minimum absolute atomic E-state index is 0.0366. The van der Waals surface area contributed by atoms with Gasteiger partial charge in [0.25, 0.3) is 0 Å². The van der Waals surface area contributed by atoms with Gasteiger partial charge in [-0.05, 0) is 56.5 Å². The highest BCUT2D eigenvalue weighted by molar-refractivity contribution is 5.72. The van der Waals surface area contributed by atoms with Crippen LogP contribution in [-0.2, 0) is 0 Å². The van der Waals surface area contributed by atoms with E-state index in [4.69, 9.17) is 4.74 Å². The van der Waals surface area contributed by atoms with Gasteiger partial charge in [-0.25, -0.2) is 0 Å². The average Bonchev–Trinajstić information content (AvgIpc) is 2.40. The molecule has 1 aliphatic heterocycles. The van der Waals surface area contributed by atoms with Gasteiger partial charge in [0.05, 0.1) is 11.0 Å². The van der Waals surface area contributed by atoms with E-state index in [1.165, 1.54) is 5.57 Å². The Labute approximate surface area is 118 Å². The topological polar surface area (TPSA) is 64.4 Å². The fourth-order valence-electron chi connectivity index (χ4n) is 2.38. The normalized spacial score (nSPS) is 15.1. The molecule has 1 heterocycles. The summed E-state index contributed by atoms with van der Waals surface area (Å²) in [6, 6.07) is 3.42. The molecule has 0 bridgehead atoms. The number of nitro groups is 1. The van der Waals surface area contributed by atoms with Crippen molar-refractivity contribution in [2.45, 2.75) is 33.3 Å². The van der Waals surface area contributed by atoms with Gasteiger partial charge in [0.1, 0.15) is 0 Å². The number of aryl methyl sites for hydroxylation is 1. The second-order valence-electron chi connectivity index (χ2n) is 5.24. The van der Waals surface area contributed by atoms with Crippen LogP contribution < -0.4 is 10.1 Å². The summed E-state index contributed by atoms with van der Waals surface area (Å²) in [6.45, 7) is 7.42. The van der Waals surface area contributed by atoms with Gasteiger partial charge in [0.2, 0.25) is 0 Å². The van der Waals surface area contributed by atoms with E-state index >= 15 is 0 Å².